The number of ether oxygens (including phenoxy) is 2. The second-order valence-electron chi connectivity index (χ2n) is 7.23. The normalized spacial score (nSPS) is 11.7. The molecule has 0 spiro atoms. The standard InChI is InChI=1S/C24H25NO6/c1-3-4-10-20(25-24(28)29-15-17-8-6-5-7-9-17)23(27)30-18-11-12-19-16(2)13-22(26)31-21(19)14-18/h5-9,11-14,20H,3-4,10,15H2,1-2H3,(H,25,28)/t20-/m0/s1. The maximum Gasteiger partial charge on any atom is 0.408 e. The Morgan fingerprint density at radius 1 is 1.10 bits per heavy atom. The van der Waals surface area contributed by atoms with Crippen molar-refractivity contribution in [2.75, 3.05) is 0 Å². The number of carbonyl (C=O) groups is 2. The fraction of sp³-hybridized carbons (Fsp3) is 0.292. The van der Waals surface area contributed by atoms with Crippen LogP contribution in [-0.2, 0) is 16.1 Å². The fourth-order valence-corrected chi connectivity index (χ4v) is 3.12. The predicted octanol–water partition coefficient (Wildman–Crippen LogP) is 4.49. The van der Waals surface area contributed by atoms with Crippen LogP contribution < -0.4 is 15.7 Å². The molecular weight excluding hydrogens is 398 g/mol. The van der Waals surface area contributed by atoms with E-state index >= 15 is 0 Å². The molecule has 1 heterocycles. The molecule has 0 fully saturated rings. The van der Waals surface area contributed by atoms with Gasteiger partial charge in [-0.3, -0.25) is 0 Å². The molecule has 7 heteroatoms. The molecule has 0 aliphatic rings. The quantitative estimate of drug-likeness (QED) is 0.326. The van der Waals surface area contributed by atoms with E-state index in [1.165, 1.54) is 12.1 Å². The summed E-state index contributed by atoms with van der Waals surface area (Å²) in [7, 11) is 0. The number of esters is 1. The molecule has 162 valence electrons. The van der Waals surface area contributed by atoms with E-state index in [9.17, 15) is 14.4 Å². The van der Waals surface area contributed by atoms with Crippen molar-refractivity contribution in [1.29, 1.82) is 0 Å². The van der Waals surface area contributed by atoms with E-state index in [0.29, 0.717) is 12.0 Å². The number of unbranched alkanes of at least 4 members (excludes halogenated alkanes) is 1. The molecule has 0 bridgehead atoms. The van der Waals surface area contributed by atoms with Crippen LogP contribution in [-0.4, -0.2) is 18.1 Å². The first-order valence-electron chi connectivity index (χ1n) is 10.2. The smallest absolute Gasteiger partial charge is 0.408 e. The second kappa shape index (κ2) is 10.4. The van der Waals surface area contributed by atoms with Gasteiger partial charge in [0.25, 0.3) is 0 Å². The molecule has 31 heavy (non-hydrogen) atoms. The van der Waals surface area contributed by atoms with E-state index in [0.717, 1.165) is 29.4 Å². The van der Waals surface area contributed by atoms with Crippen molar-refractivity contribution < 1.29 is 23.5 Å². The molecule has 2 aromatic carbocycles. The molecule has 1 aromatic heterocycles. The summed E-state index contributed by atoms with van der Waals surface area (Å²) in [6, 6.07) is 14.6. The maximum absolute atomic E-state index is 12.7. The van der Waals surface area contributed by atoms with Gasteiger partial charge in [-0.1, -0.05) is 50.1 Å². The van der Waals surface area contributed by atoms with Crippen LogP contribution in [0, 0.1) is 6.92 Å². The van der Waals surface area contributed by atoms with E-state index in [2.05, 4.69) is 5.32 Å². The molecule has 0 unspecified atom stereocenters. The number of benzene rings is 2. The maximum atomic E-state index is 12.7. The van der Waals surface area contributed by atoms with Crippen molar-refractivity contribution in [3.8, 4) is 5.75 Å². The summed E-state index contributed by atoms with van der Waals surface area (Å²) in [5, 5.41) is 3.34. The van der Waals surface area contributed by atoms with Crippen molar-refractivity contribution >= 4 is 23.0 Å². The fourth-order valence-electron chi connectivity index (χ4n) is 3.12. The summed E-state index contributed by atoms with van der Waals surface area (Å²) in [5.74, 6) is -0.383. The van der Waals surface area contributed by atoms with Gasteiger partial charge in [-0.25, -0.2) is 14.4 Å². The van der Waals surface area contributed by atoms with Gasteiger partial charge in [0.05, 0.1) is 0 Å². The van der Waals surface area contributed by atoms with Gasteiger partial charge in [-0.2, -0.15) is 0 Å². The molecule has 0 aliphatic carbocycles. The Morgan fingerprint density at radius 2 is 1.87 bits per heavy atom. The Bertz CT molecular complexity index is 1110. The first kappa shape index (κ1) is 22.1. The van der Waals surface area contributed by atoms with Gasteiger partial charge >= 0.3 is 17.7 Å². The van der Waals surface area contributed by atoms with Crippen LogP contribution in [0.1, 0.15) is 37.3 Å². The highest BCUT2D eigenvalue weighted by Crippen LogP contribution is 2.22. The minimum Gasteiger partial charge on any atom is -0.445 e. The van der Waals surface area contributed by atoms with Gasteiger partial charge in [0.2, 0.25) is 0 Å². The van der Waals surface area contributed by atoms with Crippen molar-refractivity contribution in [3.05, 3.63) is 76.1 Å². The van der Waals surface area contributed by atoms with Crippen LogP contribution in [0.15, 0.2) is 63.8 Å². The highest BCUT2D eigenvalue weighted by Gasteiger charge is 2.23. The Hall–Kier alpha value is -3.61. The van der Waals surface area contributed by atoms with E-state index in [1.54, 1.807) is 19.1 Å². The zero-order chi connectivity index (χ0) is 22.2. The van der Waals surface area contributed by atoms with E-state index in [4.69, 9.17) is 13.9 Å². The van der Waals surface area contributed by atoms with Crippen molar-refractivity contribution in [2.45, 2.75) is 45.8 Å². The lowest BCUT2D eigenvalue weighted by molar-refractivity contribution is -0.136. The van der Waals surface area contributed by atoms with E-state index < -0.39 is 23.7 Å². The predicted molar refractivity (Wildman–Crippen MR) is 116 cm³/mol. The van der Waals surface area contributed by atoms with Crippen molar-refractivity contribution in [3.63, 3.8) is 0 Å². The zero-order valence-corrected chi connectivity index (χ0v) is 17.6. The van der Waals surface area contributed by atoms with Crippen LogP contribution in [0.4, 0.5) is 4.79 Å². The zero-order valence-electron chi connectivity index (χ0n) is 17.6. The highest BCUT2D eigenvalue weighted by molar-refractivity contribution is 5.85. The van der Waals surface area contributed by atoms with Gasteiger partial charge in [0.15, 0.2) is 0 Å². The lowest BCUT2D eigenvalue weighted by Gasteiger charge is -2.17. The minimum absolute atomic E-state index is 0.102. The third kappa shape index (κ3) is 6.18. The molecule has 3 rings (SSSR count). The van der Waals surface area contributed by atoms with Gasteiger partial charge in [-0.15, -0.1) is 0 Å². The van der Waals surface area contributed by atoms with Crippen LogP contribution >= 0.6 is 0 Å². The number of hydrogen-bond acceptors (Lipinski definition) is 6. The largest absolute Gasteiger partial charge is 0.445 e. The molecule has 0 saturated carbocycles. The third-order valence-corrected chi connectivity index (χ3v) is 4.78. The average Bonchev–Trinajstić information content (AvgIpc) is 2.75. The average molecular weight is 423 g/mol. The molecule has 1 amide bonds. The molecular formula is C24H25NO6. The van der Waals surface area contributed by atoms with Gasteiger partial charge < -0.3 is 19.2 Å². The van der Waals surface area contributed by atoms with Gasteiger partial charge in [0.1, 0.15) is 24.0 Å². The van der Waals surface area contributed by atoms with E-state index in [-0.39, 0.29) is 12.4 Å². The minimum atomic E-state index is -0.858. The van der Waals surface area contributed by atoms with Crippen LogP contribution in [0.25, 0.3) is 11.0 Å². The highest BCUT2D eigenvalue weighted by atomic mass is 16.6. The molecule has 7 nitrogen and oxygen atoms in total. The summed E-state index contributed by atoms with van der Waals surface area (Å²) in [4.78, 5) is 36.5. The molecule has 3 aromatic rings. The summed E-state index contributed by atoms with van der Waals surface area (Å²) in [5.41, 5.74) is 1.47. The summed E-state index contributed by atoms with van der Waals surface area (Å²) in [6.45, 7) is 3.89. The van der Waals surface area contributed by atoms with Gasteiger partial charge in [0, 0.05) is 17.5 Å². The Kier molecular flexibility index (Phi) is 7.43. The monoisotopic (exact) mass is 423 g/mol. The van der Waals surface area contributed by atoms with Crippen LogP contribution in [0.3, 0.4) is 0 Å². The number of fused-ring (bicyclic) bond motifs is 1. The first-order chi connectivity index (χ1) is 15.0. The lowest BCUT2D eigenvalue weighted by atomic mass is 10.1. The lowest BCUT2D eigenvalue weighted by Crippen LogP contribution is -2.43. The van der Waals surface area contributed by atoms with E-state index in [1.807, 2.05) is 37.3 Å². The molecule has 1 atom stereocenters. The topological polar surface area (TPSA) is 94.8 Å². The first-order valence-corrected chi connectivity index (χ1v) is 10.2. The number of nitrogens with one attached hydrogen (secondary N) is 1. The van der Waals surface area contributed by atoms with Crippen molar-refractivity contribution in [1.82, 2.24) is 5.32 Å². The number of amides is 1. The Balaban J connectivity index is 1.66. The molecule has 0 radical (unpaired) electrons. The number of hydrogen-bond donors (Lipinski definition) is 1. The number of aryl methyl sites for hydroxylation is 1. The molecule has 1 N–H and O–H groups in total. The number of alkyl carbamates (subject to hydrolysis) is 1. The van der Waals surface area contributed by atoms with Crippen molar-refractivity contribution in [2.24, 2.45) is 0 Å². The number of carbonyl (C=O) groups excluding carboxylic acids is 2. The Labute approximate surface area is 180 Å². The summed E-state index contributed by atoms with van der Waals surface area (Å²) in [6.07, 6.45) is 1.30. The second-order valence-corrected chi connectivity index (χ2v) is 7.23. The summed E-state index contributed by atoms with van der Waals surface area (Å²) < 4.78 is 15.9. The molecule has 0 saturated heterocycles. The molecule has 0 aliphatic heterocycles. The Morgan fingerprint density at radius 3 is 2.61 bits per heavy atom. The van der Waals surface area contributed by atoms with Crippen LogP contribution in [0.5, 0.6) is 5.75 Å². The number of rotatable bonds is 8. The van der Waals surface area contributed by atoms with Gasteiger partial charge in [-0.05, 0) is 36.6 Å². The SMILES string of the molecule is CCCC[C@H](NC(=O)OCc1ccccc1)C(=O)Oc1ccc2c(C)cc(=O)oc2c1. The summed E-state index contributed by atoms with van der Waals surface area (Å²) >= 11 is 0. The third-order valence-electron chi connectivity index (χ3n) is 4.78. The van der Waals surface area contributed by atoms with Crippen LogP contribution in [0.2, 0.25) is 0 Å².